The number of carboxylic acid groups (broad SMARTS) is 2. The quantitative estimate of drug-likeness (QED) is 0.167. The standard InChI is InChI=1S/2C13H18O4S.Ac/c2*14-7-9-18-10-8-17-12-4-1-11(2-5-12)3-6-13(15)16;/h2*1-2,4-5,14H,3,6-10H2,(H,15,16);. The minimum atomic E-state index is -0.781. The van der Waals surface area contributed by atoms with Crippen molar-refractivity contribution in [3.05, 3.63) is 59.7 Å². The van der Waals surface area contributed by atoms with Gasteiger partial charge in [-0.25, -0.2) is 0 Å². The van der Waals surface area contributed by atoms with Crippen LogP contribution in [-0.2, 0) is 22.4 Å². The second-order valence-electron chi connectivity index (χ2n) is 7.44. The van der Waals surface area contributed by atoms with Crippen LogP contribution in [0.5, 0.6) is 11.5 Å². The molecule has 0 aliphatic rings. The predicted molar refractivity (Wildman–Crippen MR) is 145 cm³/mol. The average Bonchev–Trinajstić information content (AvgIpc) is 2.88. The average molecular weight is 768 g/mol. The first-order valence-electron chi connectivity index (χ1n) is 11.7. The molecular weight excluding hydrogens is 731 g/mol. The number of carboxylic acids is 2. The van der Waals surface area contributed by atoms with E-state index in [9.17, 15) is 9.59 Å². The SMILES string of the molecule is O=C(O)CCc1ccc(OCCSCCO)cc1.O=C(O)CCc1ccc(OCCSCCO)cc1.[Ac]. The summed E-state index contributed by atoms with van der Waals surface area (Å²) < 4.78 is 11.0. The van der Waals surface area contributed by atoms with Gasteiger partial charge < -0.3 is 29.9 Å². The number of aliphatic hydroxyl groups excluding tert-OH is 2. The zero-order chi connectivity index (χ0) is 26.4. The van der Waals surface area contributed by atoms with Crippen LogP contribution in [0, 0.1) is 44.1 Å². The van der Waals surface area contributed by atoms with E-state index in [1.807, 2.05) is 48.5 Å². The van der Waals surface area contributed by atoms with Crippen LogP contribution in [-0.4, -0.2) is 81.8 Å². The van der Waals surface area contributed by atoms with E-state index >= 15 is 0 Å². The van der Waals surface area contributed by atoms with E-state index in [4.69, 9.17) is 29.9 Å². The van der Waals surface area contributed by atoms with Crippen LogP contribution in [0.25, 0.3) is 0 Å². The van der Waals surface area contributed by atoms with Crippen molar-refractivity contribution in [3.63, 3.8) is 0 Å². The Hall–Kier alpha value is -0.958. The van der Waals surface area contributed by atoms with Crippen molar-refractivity contribution < 1.29 is 83.6 Å². The second kappa shape index (κ2) is 24.1. The summed E-state index contributed by atoms with van der Waals surface area (Å²) >= 11 is 3.29. The number of aryl methyl sites for hydroxylation is 2. The van der Waals surface area contributed by atoms with Crippen LogP contribution in [0.4, 0.5) is 0 Å². The zero-order valence-electron chi connectivity index (χ0n) is 20.9. The molecule has 37 heavy (non-hydrogen) atoms. The number of carbonyl (C=O) groups is 2. The van der Waals surface area contributed by atoms with Crippen LogP contribution in [0.3, 0.4) is 0 Å². The van der Waals surface area contributed by atoms with Gasteiger partial charge in [-0.15, -0.1) is 0 Å². The van der Waals surface area contributed by atoms with Crippen LogP contribution < -0.4 is 9.47 Å². The first-order valence-corrected chi connectivity index (χ1v) is 14.0. The zero-order valence-corrected chi connectivity index (χ0v) is 27.3. The second-order valence-corrected chi connectivity index (χ2v) is 9.89. The molecule has 8 nitrogen and oxygen atoms in total. The summed E-state index contributed by atoms with van der Waals surface area (Å²) in [4.78, 5) is 20.8. The summed E-state index contributed by atoms with van der Waals surface area (Å²) in [5, 5.41) is 34.3. The van der Waals surface area contributed by atoms with Gasteiger partial charge in [-0.2, -0.15) is 23.5 Å². The van der Waals surface area contributed by atoms with E-state index in [2.05, 4.69) is 0 Å². The molecule has 2 rings (SSSR count). The summed E-state index contributed by atoms with van der Waals surface area (Å²) in [5.41, 5.74) is 2.00. The van der Waals surface area contributed by atoms with Crippen molar-refractivity contribution >= 4 is 35.5 Å². The Balaban J connectivity index is 0.000000682. The molecule has 0 aromatic heterocycles. The molecule has 203 valence electrons. The molecule has 0 aliphatic carbocycles. The number of rotatable bonds is 18. The Morgan fingerprint density at radius 2 is 0.973 bits per heavy atom. The van der Waals surface area contributed by atoms with E-state index in [0.29, 0.717) is 26.1 Å². The number of benzene rings is 2. The minimum Gasteiger partial charge on any atom is -0.493 e. The van der Waals surface area contributed by atoms with Crippen molar-refractivity contribution in [1.29, 1.82) is 0 Å². The van der Waals surface area contributed by atoms with Gasteiger partial charge in [0.25, 0.3) is 0 Å². The summed E-state index contributed by atoms with van der Waals surface area (Å²) in [5.74, 6) is 3.18. The largest absolute Gasteiger partial charge is 0.493 e. The number of hydrogen-bond acceptors (Lipinski definition) is 8. The minimum absolute atomic E-state index is 0. The molecule has 0 saturated carbocycles. The van der Waals surface area contributed by atoms with Crippen molar-refractivity contribution in [1.82, 2.24) is 0 Å². The molecule has 0 heterocycles. The molecule has 0 spiro atoms. The molecule has 4 N–H and O–H groups in total. The van der Waals surface area contributed by atoms with E-state index in [1.54, 1.807) is 23.5 Å². The fourth-order valence-electron chi connectivity index (χ4n) is 2.78. The van der Waals surface area contributed by atoms with E-state index < -0.39 is 11.9 Å². The maximum absolute atomic E-state index is 10.4. The summed E-state index contributed by atoms with van der Waals surface area (Å²) in [7, 11) is 0. The topological polar surface area (TPSA) is 134 Å². The molecule has 0 unspecified atom stereocenters. The Bertz CT molecular complexity index is 779. The number of aliphatic hydroxyl groups is 2. The molecular formula is C26H36AcO8S2. The molecule has 0 saturated heterocycles. The predicted octanol–water partition coefficient (Wildman–Crippen LogP) is 3.62. The van der Waals surface area contributed by atoms with Crippen molar-refractivity contribution in [2.24, 2.45) is 0 Å². The number of hydrogen-bond donors (Lipinski definition) is 4. The fourth-order valence-corrected chi connectivity index (χ4v) is 3.85. The molecule has 2 aromatic carbocycles. The molecule has 0 fully saturated rings. The van der Waals surface area contributed by atoms with Gasteiger partial charge >= 0.3 is 11.9 Å². The monoisotopic (exact) mass is 767 g/mol. The molecule has 0 bridgehead atoms. The maximum atomic E-state index is 10.4. The molecule has 0 atom stereocenters. The van der Waals surface area contributed by atoms with Gasteiger partial charge in [0.15, 0.2) is 0 Å². The number of aliphatic carboxylic acids is 2. The molecule has 2 aromatic rings. The van der Waals surface area contributed by atoms with E-state index in [1.165, 1.54) is 0 Å². The van der Waals surface area contributed by atoms with Gasteiger partial charge in [0.2, 0.25) is 0 Å². The van der Waals surface area contributed by atoms with Gasteiger partial charge in [0.05, 0.1) is 26.4 Å². The molecule has 11 heteroatoms. The molecule has 1 radical (unpaired) electrons. The van der Waals surface area contributed by atoms with Gasteiger partial charge in [-0.05, 0) is 48.2 Å². The summed E-state index contributed by atoms with van der Waals surface area (Å²) in [6, 6.07) is 15.0. The normalized spacial score (nSPS) is 10.0. The van der Waals surface area contributed by atoms with Crippen LogP contribution in [0.2, 0.25) is 0 Å². The first-order chi connectivity index (χ1) is 17.4. The Labute approximate surface area is 263 Å². The van der Waals surface area contributed by atoms with Crippen molar-refractivity contribution in [2.75, 3.05) is 49.4 Å². The van der Waals surface area contributed by atoms with Gasteiger partial charge in [-0.1, -0.05) is 24.3 Å². The maximum Gasteiger partial charge on any atom is 0.303 e. The third-order valence-corrected chi connectivity index (χ3v) is 6.42. The summed E-state index contributed by atoms with van der Waals surface area (Å²) in [6.07, 6.45) is 1.39. The van der Waals surface area contributed by atoms with Gasteiger partial charge in [0, 0.05) is 79.9 Å². The summed E-state index contributed by atoms with van der Waals surface area (Å²) in [6.45, 7) is 1.62. The first kappa shape index (κ1) is 36.0. The number of thioether (sulfide) groups is 2. The third-order valence-electron chi connectivity index (χ3n) is 4.57. The van der Waals surface area contributed by atoms with Gasteiger partial charge in [0.1, 0.15) is 11.5 Å². The molecule has 0 amide bonds. The van der Waals surface area contributed by atoms with Crippen LogP contribution in [0.15, 0.2) is 48.5 Å². The Morgan fingerprint density at radius 1 is 0.622 bits per heavy atom. The fraction of sp³-hybridized carbons (Fsp3) is 0.462. The molecule has 0 aliphatic heterocycles. The van der Waals surface area contributed by atoms with Crippen LogP contribution in [0.1, 0.15) is 24.0 Å². The Kier molecular flexibility index (Phi) is 23.5. The van der Waals surface area contributed by atoms with Crippen molar-refractivity contribution in [3.8, 4) is 11.5 Å². The smallest absolute Gasteiger partial charge is 0.303 e. The van der Waals surface area contributed by atoms with E-state index in [0.717, 1.165) is 45.6 Å². The Morgan fingerprint density at radius 3 is 1.27 bits per heavy atom. The van der Waals surface area contributed by atoms with Gasteiger partial charge in [-0.3, -0.25) is 9.59 Å². The van der Waals surface area contributed by atoms with Crippen molar-refractivity contribution in [2.45, 2.75) is 25.7 Å². The third kappa shape index (κ3) is 20.7. The van der Waals surface area contributed by atoms with Crippen LogP contribution >= 0.6 is 23.5 Å². The van der Waals surface area contributed by atoms with E-state index in [-0.39, 0.29) is 70.1 Å². The number of ether oxygens (including phenoxy) is 2.